The number of imidazole rings is 1. The third-order valence-corrected chi connectivity index (χ3v) is 7.49. The second-order valence-corrected chi connectivity index (χ2v) is 10.6. The first-order valence-electron chi connectivity index (χ1n) is 9.30. The standard InChI is InChI=1S/C19H39N4P/c1-14(2)22(15(3)4)24(23(16(5)6)17(7)8)18-20-12-13-21(18)19(9,10)11/h12-17H,1-11H3. The minimum absolute atomic E-state index is 0.0334. The molecular weight excluding hydrogens is 315 g/mol. The van der Waals surface area contributed by atoms with E-state index < -0.39 is 8.22 Å². The lowest BCUT2D eigenvalue weighted by Crippen LogP contribution is -2.48. The van der Waals surface area contributed by atoms with Crippen LogP contribution in [0, 0.1) is 0 Å². The molecule has 0 N–H and O–H groups in total. The van der Waals surface area contributed by atoms with E-state index in [-0.39, 0.29) is 5.54 Å². The molecule has 1 heterocycles. The fourth-order valence-electron chi connectivity index (χ4n) is 3.36. The average molecular weight is 355 g/mol. The first-order valence-corrected chi connectivity index (χ1v) is 10.5. The van der Waals surface area contributed by atoms with Gasteiger partial charge in [-0.3, -0.25) is 9.34 Å². The summed E-state index contributed by atoms with van der Waals surface area (Å²) in [7, 11) is -0.670. The number of nitrogens with zero attached hydrogens (tertiary/aromatic N) is 4. The molecule has 5 heteroatoms. The Morgan fingerprint density at radius 2 is 1.21 bits per heavy atom. The summed E-state index contributed by atoms with van der Waals surface area (Å²) >= 11 is 0. The molecule has 0 saturated heterocycles. The van der Waals surface area contributed by atoms with Gasteiger partial charge in [0.05, 0.1) is 0 Å². The van der Waals surface area contributed by atoms with Crippen LogP contribution in [0.25, 0.3) is 0 Å². The van der Waals surface area contributed by atoms with E-state index in [0.717, 1.165) is 0 Å². The summed E-state index contributed by atoms with van der Waals surface area (Å²) in [6, 6.07) is 1.89. The third-order valence-electron chi connectivity index (χ3n) is 4.08. The van der Waals surface area contributed by atoms with Crippen molar-refractivity contribution in [2.24, 2.45) is 0 Å². The van der Waals surface area contributed by atoms with Crippen LogP contribution in [0.4, 0.5) is 0 Å². The smallest absolute Gasteiger partial charge is 0.163 e. The van der Waals surface area contributed by atoms with Gasteiger partial charge >= 0.3 is 0 Å². The maximum absolute atomic E-state index is 4.86. The molecule has 0 bridgehead atoms. The van der Waals surface area contributed by atoms with Crippen LogP contribution in [0.1, 0.15) is 76.2 Å². The van der Waals surface area contributed by atoms with Crippen LogP contribution < -0.4 is 5.57 Å². The molecule has 0 aliphatic rings. The van der Waals surface area contributed by atoms with Gasteiger partial charge < -0.3 is 4.57 Å². The molecular formula is C19H39N4P. The minimum atomic E-state index is -0.670. The molecule has 0 aliphatic carbocycles. The topological polar surface area (TPSA) is 24.3 Å². The van der Waals surface area contributed by atoms with Crippen molar-refractivity contribution < 1.29 is 0 Å². The number of hydrogen-bond acceptors (Lipinski definition) is 3. The minimum Gasteiger partial charge on any atom is -0.324 e. The van der Waals surface area contributed by atoms with Gasteiger partial charge in [0.25, 0.3) is 0 Å². The molecule has 24 heavy (non-hydrogen) atoms. The normalized spacial score (nSPS) is 13.8. The molecule has 1 rings (SSSR count). The molecule has 0 saturated carbocycles. The van der Waals surface area contributed by atoms with Gasteiger partial charge in [0.1, 0.15) is 8.22 Å². The zero-order valence-electron chi connectivity index (χ0n) is 17.7. The van der Waals surface area contributed by atoms with Crippen molar-refractivity contribution in [1.29, 1.82) is 0 Å². The van der Waals surface area contributed by atoms with Crippen molar-refractivity contribution >= 4 is 13.8 Å². The predicted molar refractivity (Wildman–Crippen MR) is 108 cm³/mol. The van der Waals surface area contributed by atoms with Crippen molar-refractivity contribution in [2.45, 2.75) is 106 Å². The van der Waals surface area contributed by atoms with Crippen LogP contribution in [-0.4, -0.2) is 43.1 Å². The van der Waals surface area contributed by atoms with Gasteiger partial charge in [-0.05, 0) is 76.2 Å². The fraction of sp³-hybridized carbons (Fsp3) is 0.842. The molecule has 0 unspecified atom stereocenters. The lowest BCUT2D eigenvalue weighted by Gasteiger charge is -2.47. The van der Waals surface area contributed by atoms with E-state index in [1.165, 1.54) is 5.57 Å². The highest BCUT2D eigenvalue weighted by Crippen LogP contribution is 2.48. The Balaban J connectivity index is 3.58. The maximum Gasteiger partial charge on any atom is 0.163 e. The average Bonchev–Trinajstić information content (AvgIpc) is 2.84. The van der Waals surface area contributed by atoms with Crippen LogP contribution in [0.5, 0.6) is 0 Å². The molecule has 0 spiro atoms. The summed E-state index contributed by atoms with van der Waals surface area (Å²) in [5.74, 6) is 0. The summed E-state index contributed by atoms with van der Waals surface area (Å²) in [6.45, 7) is 25.2. The van der Waals surface area contributed by atoms with Gasteiger partial charge in [-0.25, -0.2) is 4.98 Å². The fourth-order valence-corrected chi connectivity index (χ4v) is 6.49. The van der Waals surface area contributed by atoms with Crippen LogP contribution in [0.15, 0.2) is 12.4 Å². The van der Waals surface area contributed by atoms with Crippen LogP contribution in [0.3, 0.4) is 0 Å². The number of rotatable bonds is 7. The molecule has 0 amide bonds. The van der Waals surface area contributed by atoms with E-state index in [4.69, 9.17) is 4.98 Å². The van der Waals surface area contributed by atoms with Gasteiger partial charge in [0, 0.05) is 42.1 Å². The molecule has 0 aliphatic heterocycles. The molecule has 140 valence electrons. The Labute approximate surface area is 151 Å². The molecule has 1 aromatic rings. The number of aromatic nitrogens is 2. The molecule has 0 atom stereocenters. The quantitative estimate of drug-likeness (QED) is 0.657. The maximum atomic E-state index is 4.86. The Morgan fingerprint density at radius 1 is 0.833 bits per heavy atom. The molecule has 0 fully saturated rings. The van der Waals surface area contributed by atoms with Crippen LogP contribution in [-0.2, 0) is 5.54 Å². The van der Waals surface area contributed by atoms with Crippen LogP contribution >= 0.6 is 8.22 Å². The van der Waals surface area contributed by atoms with Crippen LogP contribution in [0.2, 0.25) is 0 Å². The van der Waals surface area contributed by atoms with E-state index in [9.17, 15) is 0 Å². The number of hydrogen-bond donors (Lipinski definition) is 0. The van der Waals surface area contributed by atoms with Gasteiger partial charge in [0.2, 0.25) is 0 Å². The Hall–Kier alpha value is -0.440. The highest BCUT2D eigenvalue weighted by atomic mass is 31.1. The molecule has 4 nitrogen and oxygen atoms in total. The van der Waals surface area contributed by atoms with Gasteiger partial charge in [-0.15, -0.1) is 0 Å². The summed E-state index contributed by atoms with van der Waals surface area (Å²) in [5, 5.41) is 0. The van der Waals surface area contributed by atoms with Crippen molar-refractivity contribution in [3.05, 3.63) is 12.4 Å². The molecule has 1 aromatic heterocycles. The van der Waals surface area contributed by atoms with Crippen molar-refractivity contribution in [1.82, 2.24) is 18.9 Å². The third kappa shape index (κ3) is 4.80. The van der Waals surface area contributed by atoms with Crippen molar-refractivity contribution in [2.75, 3.05) is 0 Å². The second kappa shape index (κ2) is 8.29. The van der Waals surface area contributed by atoms with E-state index in [1.807, 2.05) is 6.20 Å². The SMILES string of the molecule is CC(C)N(C(C)C)P(c1nccn1C(C)(C)C)N(C(C)C)C(C)C. The van der Waals surface area contributed by atoms with E-state index >= 15 is 0 Å². The Kier molecular flexibility index (Phi) is 7.46. The zero-order valence-corrected chi connectivity index (χ0v) is 18.6. The van der Waals surface area contributed by atoms with Crippen molar-refractivity contribution in [3.8, 4) is 0 Å². The van der Waals surface area contributed by atoms with Gasteiger partial charge in [-0.1, -0.05) is 0 Å². The molecule has 0 radical (unpaired) electrons. The lowest BCUT2D eigenvalue weighted by molar-refractivity contribution is 0.258. The molecule has 0 aromatic carbocycles. The summed E-state index contributed by atoms with van der Waals surface area (Å²) < 4.78 is 7.67. The summed E-state index contributed by atoms with van der Waals surface area (Å²) in [4.78, 5) is 4.86. The van der Waals surface area contributed by atoms with E-state index in [0.29, 0.717) is 24.2 Å². The van der Waals surface area contributed by atoms with E-state index in [2.05, 4.69) is 96.3 Å². The van der Waals surface area contributed by atoms with Crippen molar-refractivity contribution in [3.63, 3.8) is 0 Å². The predicted octanol–water partition coefficient (Wildman–Crippen LogP) is 4.81. The van der Waals surface area contributed by atoms with E-state index in [1.54, 1.807) is 0 Å². The second-order valence-electron chi connectivity index (χ2n) is 8.69. The Morgan fingerprint density at radius 3 is 1.50 bits per heavy atom. The Bertz CT molecular complexity index is 464. The lowest BCUT2D eigenvalue weighted by atomic mass is 10.1. The largest absolute Gasteiger partial charge is 0.324 e. The summed E-state index contributed by atoms with van der Waals surface area (Å²) in [5.41, 5.74) is 1.24. The highest BCUT2D eigenvalue weighted by molar-refractivity contribution is 7.60. The van der Waals surface area contributed by atoms with Gasteiger partial charge in [0.15, 0.2) is 5.57 Å². The summed E-state index contributed by atoms with van der Waals surface area (Å²) in [6.07, 6.45) is 4.11. The zero-order chi connectivity index (χ0) is 18.8. The highest BCUT2D eigenvalue weighted by Gasteiger charge is 2.38. The first kappa shape index (κ1) is 21.6. The monoisotopic (exact) mass is 354 g/mol. The first-order chi connectivity index (χ1) is 10.9. The van der Waals surface area contributed by atoms with Gasteiger partial charge in [-0.2, -0.15) is 0 Å².